The van der Waals surface area contributed by atoms with Crippen LogP contribution in [0.2, 0.25) is 0 Å². The molecule has 0 aromatic rings. The molecule has 4 nitrogen and oxygen atoms in total. The molecule has 4 atom stereocenters. The van der Waals surface area contributed by atoms with Gasteiger partial charge in [-0.15, -0.1) is 0 Å². The van der Waals surface area contributed by atoms with Gasteiger partial charge in [-0.05, 0) is 19.3 Å². The minimum atomic E-state index is -0.0995. The highest BCUT2D eigenvalue weighted by atomic mass is 16.5. The molecule has 0 spiro atoms. The summed E-state index contributed by atoms with van der Waals surface area (Å²) in [7, 11) is 3.48. The Hall–Kier alpha value is -0.160. The van der Waals surface area contributed by atoms with E-state index in [1.165, 1.54) is 0 Å². The SMILES string of the molecule is COC1CN(C2CCC(O)C2)CC1OC. The van der Waals surface area contributed by atoms with Gasteiger partial charge in [-0.3, -0.25) is 4.90 Å². The highest BCUT2D eigenvalue weighted by molar-refractivity contribution is 4.92. The summed E-state index contributed by atoms with van der Waals surface area (Å²) < 4.78 is 10.8. The number of hydrogen-bond acceptors (Lipinski definition) is 4. The number of nitrogens with zero attached hydrogens (tertiary/aromatic N) is 1. The monoisotopic (exact) mass is 215 g/mol. The zero-order valence-corrected chi connectivity index (χ0v) is 9.56. The van der Waals surface area contributed by atoms with Gasteiger partial charge >= 0.3 is 0 Å². The third kappa shape index (κ3) is 2.33. The van der Waals surface area contributed by atoms with E-state index in [1.54, 1.807) is 14.2 Å². The normalized spacial score (nSPS) is 42.6. The van der Waals surface area contributed by atoms with Crippen LogP contribution >= 0.6 is 0 Å². The average Bonchev–Trinajstić information content (AvgIpc) is 2.82. The fraction of sp³-hybridized carbons (Fsp3) is 1.00. The van der Waals surface area contributed by atoms with Crippen molar-refractivity contribution in [3.63, 3.8) is 0 Å². The lowest BCUT2D eigenvalue weighted by atomic mass is 10.2. The summed E-state index contributed by atoms with van der Waals surface area (Å²) in [5.41, 5.74) is 0. The van der Waals surface area contributed by atoms with Crippen molar-refractivity contribution < 1.29 is 14.6 Å². The van der Waals surface area contributed by atoms with Crippen molar-refractivity contribution in [2.75, 3.05) is 27.3 Å². The van der Waals surface area contributed by atoms with Crippen LogP contribution in [-0.2, 0) is 9.47 Å². The van der Waals surface area contributed by atoms with E-state index in [2.05, 4.69) is 4.90 Å². The van der Waals surface area contributed by atoms with E-state index in [1.807, 2.05) is 0 Å². The molecule has 1 saturated carbocycles. The fourth-order valence-corrected chi connectivity index (χ4v) is 2.79. The van der Waals surface area contributed by atoms with Crippen LogP contribution in [0.4, 0.5) is 0 Å². The summed E-state index contributed by atoms with van der Waals surface area (Å²) in [5, 5.41) is 9.52. The van der Waals surface area contributed by atoms with Gasteiger partial charge in [-0.1, -0.05) is 0 Å². The zero-order chi connectivity index (χ0) is 10.8. The van der Waals surface area contributed by atoms with Gasteiger partial charge in [0, 0.05) is 33.4 Å². The minimum Gasteiger partial charge on any atom is -0.393 e. The van der Waals surface area contributed by atoms with E-state index in [0.29, 0.717) is 6.04 Å². The molecule has 0 bridgehead atoms. The molecule has 2 aliphatic rings. The van der Waals surface area contributed by atoms with Gasteiger partial charge in [0.1, 0.15) is 0 Å². The second kappa shape index (κ2) is 4.78. The van der Waals surface area contributed by atoms with Crippen LogP contribution < -0.4 is 0 Å². The van der Waals surface area contributed by atoms with Crippen LogP contribution in [0.15, 0.2) is 0 Å². The number of rotatable bonds is 3. The van der Waals surface area contributed by atoms with Crippen LogP contribution in [0.5, 0.6) is 0 Å². The lowest BCUT2D eigenvalue weighted by Gasteiger charge is -2.22. The summed E-state index contributed by atoms with van der Waals surface area (Å²) in [6.07, 6.45) is 3.23. The zero-order valence-electron chi connectivity index (χ0n) is 9.56. The average molecular weight is 215 g/mol. The van der Waals surface area contributed by atoms with Crippen molar-refractivity contribution in [2.45, 2.75) is 43.6 Å². The largest absolute Gasteiger partial charge is 0.393 e. The maximum absolute atomic E-state index is 9.52. The number of ether oxygens (including phenoxy) is 2. The molecule has 4 heteroatoms. The topological polar surface area (TPSA) is 41.9 Å². The molecular weight excluding hydrogens is 194 g/mol. The first-order valence-electron chi connectivity index (χ1n) is 5.72. The van der Waals surface area contributed by atoms with Gasteiger partial charge in [-0.25, -0.2) is 0 Å². The van der Waals surface area contributed by atoms with Crippen LogP contribution in [0.3, 0.4) is 0 Å². The highest BCUT2D eigenvalue weighted by Crippen LogP contribution is 2.28. The first-order chi connectivity index (χ1) is 7.24. The van der Waals surface area contributed by atoms with Crippen molar-refractivity contribution in [1.82, 2.24) is 4.90 Å². The molecule has 0 radical (unpaired) electrons. The standard InChI is InChI=1S/C11H21NO3/c1-14-10-6-12(7-11(10)15-2)8-3-4-9(13)5-8/h8-11,13H,3-7H2,1-2H3. The van der Waals surface area contributed by atoms with Crippen LogP contribution in [0.25, 0.3) is 0 Å². The Morgan fingerprint density at radius 3 is 2.07 bits per heavy atom. The van der Waals surface area contributed by atoms with Gasteiger partial charge in [0.15, 0.2) is 0 Å². The molecular formula is C11H21NO3. The molecule has 0 amide bonds. The quantitative estimate of drug-likeness (QED) is 0.732. The molecule has 0 aromatic heterocycles. The second-order valence-electron chi connectivity index (χ2n) is 4.62. The van der Waals surface area contributed by atoms with Crippen molar-refractivity contribution in [2.24, 2.45) is 0 Å². The van der Waals surface area contributed by atoms with Gasteiger partial charge in [-0.2, -0.15) is 0 Å². The van der Waals surface area contributed by atoms with E-state index < -0.39 is 0 Å². The first-order valence-corrected chi connectivity index (χ1v) is 5.72. The Labute approximate surface area is 91.2 Å². The maximum atomic E-state index is 9.52. The summed E-state index contributed by atoms with van der Waals surface area (Å²) >= 11 is 0. The molecule has 15 heavy (non-hydrogen) atoms. The van der Waals surface area contributed by atoms with Gasteiger partial charge in [0.05, 0.1) is 18.3 Å². The highest BCUT2D eigenvalue weighted by Gasteiger charge is 2.38. The minimum absolute atomic E-state index is 0.0995. The van der Waals surface area contributed by atoms with Crippen molar-refractivity contribution in [1.29, 1.82) is 0 Å². The Morgan fingerprint density at radius 2 is 1.67 bits per heavy atom. The fourth-order valence-electron chi connectivity index (χ4n) is 2.79. The van der Waals surface area contributed by atoms with E-state index in [4.69, 9.17) is 9.47 Å². The van der Waals surface area contributed by atoms with Crippen LogP contribution in [-0.4, -0.2) is 61.7 Å². The third-order valence-corrected chi connectivity index (χ3v) is 3.74. The van der Waals surface area contributed by atoms with Crippen molar-refractivity contribution >= 4 is 0 Å². The molecule has 1 N–H and O–H groups in total. The van der Waals surface area contributed by atoms with E-state index >= 15 is 0 Å². The Kier molecular flexibility index (Phi) is 3.61. The Bertz CT molecular complexity index is 200. The molecule has 4 unspecified atom stereocenters. The molecule has 2 fully saturated rings. The van der Waals surface area contributed by atoms with Crippen molar-refractivity contribution in [3.05, 3.63) is 0 Å². The predicted octanol–water partition coefficient (Wildman–Crippen LogP) is 0.245. The van der Waals surface area contributed by atoms with Gasteiger partial charge in [0.25, 0.3) is 0 Å². The predicted molar refractivity (Wildman–Crippen MR) is 56.8 cm³/mol. The summed E-state index contributed by atoms with van der Waals surface area (Å²) in [4.78, 5) is 2.40. The molecule has 1 aliphatic heterocycles. The van der Waals surface area contributed by atoms with Gasteiger partial charge in [0.2, 0.25) is 0 Å². The van der Waals surface area contributed by atoms with Gasteiger partial charge < -0.3 is 14.6 Å². The summed E-state index contributed by atoms with van der Waals surface area (Å²) in [6.45, 7) is 1.87. The molecule has 88 valence electrons. The molecule has 1 saturated heterocycles. The number of aliphatic hydroxyl groups excluding tert-OH is 1. The molecule has 2 rings (SSSR count). The lowest BCUT2D eigenvalue weighted by molar-refractivity contribution is -0.00461. The maximum Gasteiger partial charge on any atom is 0.0971 e. The first kappa shape index (κ1) is 11.3. The number of likely N-dealkylation sites (tertiary alicyclic amines) is 1. The number of aliphatic hydroxyl groups is 1. The molecule has 0 aromatic carbocycles. The molecule has 1 heterocycles. The Balaban J connectivity index is 1.90. The second-order valence-corrected chi connectivity index (χ2v) is 4.62. The number of hydrogen-bond donors (Lipinski definition) is 1. The van der Waals surface area contributed by atoms with Crippen LogP contribution in [0.1, 0.15) is 19.3 Å². The van der Waals surface area contributed by atoms with Crippen molar-refractivity contribution in [3.8, 4) is 0 Å². The van der Waals surface area contributed by atoms with E-state index in [0.717, 1.165) is 32.4 Å². The summed E-state index contributed by atoms with van der Waals surface area (Å²) in [5.74, 6) is 0. The van der Waals surface area contributed by atoms with E-state index in [-0.39, 0.29) is 18.3 Å². The molecule has 1 aliphatic carbocycles. The third-order valence-electron chi connectivity index (χ3n) is 3.74. The van der Waals surface area contributed by atoms with E-state index in [9.17, 15) is 5.11 Å². The summed E-state index contributed by atoms with van der Waals surface area (Å²) in [6, 6.07) is 0.526. The Morgan fingerprint density at radius 1 is 1.07 bits per heavy atom. The van der Waals surface area contributed by atoms with Crippen LogP contribution in [0, 0.1) is 0 Å². The number of methoxy groups -OCH3 is 2. The lowest BCUT2D eigenvalue weighted by Crippen LogP contribution is -2.32. The smallest absolute Gasteiger partial charge is 0.0971 e.